The second-order valence-electron chi connectivity index (χ2n) is 3.62. The molecule has 1 aromatic heterocycles. The van der Waals surface area contributed by atoms with Gasteiger partial charge in [-0.2, -0.15) is 5.10 Å². The molecule has 90 valence electrons. The minimum Gasteiger partial charge on any atom is -0.319 e. The highest BCUT2D eigenvalue weighted by molar-refractivity contribution is 9.10. The molecule has 1 atom stereocenters. The van der Waals surface area contributed by atoms with Crippen molar-refractivity contribution in [2.45, 2.75) is 6.04 Å². The lowest BCUT2D eigenvalue weighted by atomic mass is 10.0. The lowest BCUT2D eigenvalue weighted by Crippen LogP contribution is -2.18. The summed E-state index contributed by atoms with van der Waals surface area (Å²) in [4.78, 5) is 0. The van der Waals surface area contributed by atoms with Crippen LogP contribution in [0.5, 0.6) is 0 Å². The van der Waals surface area contributed by atoms with Crippen LogP contribution in [0.15, 0.2) is 28.9 Å². The average molecular weight is 319 g/mol. The molecule has 0 fully saturated rings. The molecule has 0 spiro atoms. The summed E-state index contributed by atoms with van der Waals surface area (Å²) in [7, 11) is 1.75. The van der Waals surface area contributed by atoms with E-state index in [1.165, 1.54) is 6.07 Å². The van der Waals surface area contributed by atoms with Crippen molar-refractivity contribution in [3.05, 3.63) is 51.0 Å². The molecule has 0 aliphatic rings. The Hall–Kier alpha value is -0.910. The third-order valence-corrected chi connectivity index (χ3v) is 3.45. The van der Waals surface area contributed by atoms with Crippen LogP contribution in [0.2, 0.25) is 5.02 Å². The number of hydrogen-bond donors (Lipinski definition) is 1. The lowest BCUT2D eigenvalue weighted by molar-refractivity contribution is 0.586. The van der Waals surface area contributed by atoms with E-state index in [4.69, 9.17) is 17.3 Å². The summed E-state index contributed by atoms with van der Waals surface area (Å²) >= 11 is 9.07. The fourth-order valence-corrected chi connectivity index (χ4v) is 2.45. The van der Waals surface area contributed by atoms with Crippen LogP contribution in [0.25, 0.3) is 0 Å². The second-order valence-corrected chi connectivity index (χ2v) is 4.88. The summed E-state index contributed by atoms with van der Waals surface area (Å²) in [6, 6.07) is 4.16. The van der Waals surface area contributed by atoms with Gasteiger partial charge in [0.25, 0.3) is 0 Å². The number of nitrogens with zero attached hydrogens (tertiary/aromatic N) is 2. The number of aryl methyl sites for hydroxylation is 1. The van der Waals surface area contributed by atoms with Gasteiger partial charge < -0.3 is 5.73 Å². The molecule has 17 heavy (non-hydrogen) atoms. The molecule has 1 aromatic carbocycles. The van der Waals surface area contributed by atoms with Crippen molar-refractivity contribution in [2.75, 3.05) is 0 Å². The van der Waals surface area contributed by atoms with Gasteiger partial charge in [0, 0.05) is 12.6 Å². The van der Waals surface area contributed by atoms with Crippen molar-refractivity contribution in [3.8, 4) is 0 Å². The zero-order valence-electron chi connectivity index (χ0n) is 8.99. The Morgan fingerprint density at radius 3 is 2.82 bits per heavy atom. The monoisotopic (exact) mass is 317 g/mol. The SMILES string of the molecule is Cn1ncc(Br)c1C(N)c1cccc(Cl)c1F. The predicted molar refractivity (Wildman–Crippen MR) is 68.3 cm³/mol. The van der Waals surface area contributed by atoms with E-state index in [9.17, 15) is 4.39 Å². The molecular weight excluding hydrogens is 308 g/mol. The number of rotatable bonds is 2. The molecule has 1 unspecified atom stereocenters. The largest absolute Gasteiger partial charge is 0.319 e. The minimum absolute atomic E-state index is 0.0660. The molecule has 0 aliphatic carbocycles. The summed E-state index contributed by atoms with van der Waals surface area (Å²) in [5.41, 5.74) is 7.09. The van der Waals surface area contributed by atoms with Crippen molar-refractivity contribution in [3.63, 3.8) is 0 Å². The standard InChI is InChI=1S/C11H10BrClFN3/c1-17-11(7(12)5-16-17)10(15)6-3-2-4-8(13)9(6)14/h2-5,10H,15H2,1H3. The van der Waals surface area contributed by atoms with E-state index in [0.717, 1.165) is 4.47 Å². The first kappa shape index (κ1) is 12.5. The fourth-order valence-electron chi connectivity index (χ4n) is 1.68. The van der Waals surface area contributed by atoms with Crippen molar-refractivity contribution in [2.24, 2.45) is 12.8 Å². The lowest BCUT2D eigenvalue weighted by Gasteiger charge is -2.14. The van der Waals surface area contributed by atoms with Crippen LogP contribution in [-0.4, -0.2) is 9.78 Å². The van der Waals surface area contributed by atoms with Crippen LogP contribution in [-0.2, 0) is 7.05 Å². The Kier molecular flexibility index (Phi) is 3.51. The molecule has 0 saturated heterocycles. The van der Waals surface area contributed by atoms with E-state index < -0.39 is 11.9 Å². The molecule has 3 nitrogen and oxygen atoms in total. The minimum atomic E-state index is -0.615. The Labute approximate surface area is 112 Å². The predicted octanol–water partition coefficient (Wildman–Crippen LogP) is 3.02. The summed E-state index contributed by atoms with van der Waals surface area (Å²) in [6.07, 6.45) is 1.62. The average Bonchev–Trinajstić information content (AvgIpc) is 2.62. The zero-order chi connectivity index (χ0) is 12.6. The normalized spacial score (nSPS) is 12.8. The highest BCUT2D eigenvalue weighted by atomic mass is 79.9. The van der Waals surface area contributed by atoms with Gasteiger partial charge in [0.05, 0.1) is 27.4 Å². The molecule has 0 aliphatic heterocycles. The van der Waals surface area contributed by atoms with Gasteiger partial charge in [-0.15, -0.1) is 0 Å². The van der Waals surface area contributed by atoms with E-state index in [-0.39, 0.29) is 5.02 Å². The third kappa shape index (κ3) is 2.22. The van der Waals surface area contributed by atoms with Crippen molar-refractivity contribution in [1.29, 1.82) is 0 Å². The van der Waals surface area contributed by atoms with Gasteiger partial charge >= 0.3 is 0 Å². The van der Waals surface area contributed by atoms with E-state index in [1.54, 1.807) is 30.1 Å². The van der Waals surface area contributed by atoms with E-state index in [0.29, 0.717) is 11.3 Å². The van der Waals surface area contributed by atoms with E-state index >= 15 is 0 Å². The van der Waals surface area contributed by atoms with Crippen LogP contribution >= 0.6 is 27.5 Å². The molecule has 2 aromatic rings. The van der Waals surface area contributed by atoms with Crippen molar-refractivity contribution < 1.29 is 4.39 Å². The number of aromatic nitrogens is 2. The van der Waals surface area contributed by atoms with Crippen LogP contribution in [0.4, 0.5) is 4.39 Å². The quantitative estimate of drug-likeness (QED) is 0.925. The highest BCUT2D eigenvalue weighted by Crippen LogP contribution is 2.29. The molecule has 0 saturated carbocycles. The fraction of sp³-hybridized carbons (Fsp3) is 0.182. The Morgan fingerprint density at radius 2 is 2.24 bits per heavy atom. The molecule has 0 radical (unpaired) electrons. The van der Waals surface area contributed by atoms with Crippen LogP contribution in [0, 0.1) is 5.82 Å². The van der Waals surface area contributed by atoms with Gasteiger partial charge in [0.1, 0.15) is 5.82 Å². The first-order valence-corrected chi connectivity index (χ1v) is 6.06. The van der Waals surface area contributed by atoms with Gasteiger partial charge in [0.2, 0.25) is 0 Å². The maximum Gasteiger partial charge on any atom is 0.146 e. The first-order chi connectivity index (χ1) is 8.02. The van der Waals surface area contributed by atoms with Crippen LogP contribution in [0.3, 0.4) is 0 Å². The Bertz CT molecular complexity index is 536. The topological polar surface area (TPSA) is 43.8 Å². The van der Waals surface area contributed by atoms with Crippen molar-refractivity contribution >= 4 is 27.5 Å². The van der Waals surface area contributed by atoms with Crippen LogP contribution in [0.1, 0.15) is 17.3 Å². The summed E-state index contributed by atoms with van der Waals surface area (Å²) in [5, 5.41) is 4.12. The van der Waals surface area contributed by atoms with Gasteiger partial charge in [-0.1, -0.05) is 23.7 Å². The Balaban J connectivity index is 2.51. The molecule has 1 heterocycles. The van der Waals surface area contributed by atoms with Gasteiger partial charge in [-0.05, 0) is 22.0 Å². The number of hydrogen-bond acceptors (Lipinski definition) is 2. The summed E-state index contributed by atoms with van der Waals surface area (Å²) in [5.74, 6) is -0.491. The second kappa shape index (κ2) is 4.76. The van der Waals surface area contributed by atoms with Gasteiger partial charge in [-0.3, -0.25) is 4.68 Å². The molecule has 2 rings (SSSR count). The van der Waals surface area contributed by atoms with Gasteiger partial charge in [0.15, 0.2) is 0 Å². The van der Waals surface area contributed by atoms with Crippen LogP contribution < -0.4 is 5.73 Å². The molecule has 0 bridgehead atoms. The third-order valence-electron chi connectivity index (χ3n) is 2.55. The smallest absolute Gasteiger partial charge is 0.146 e. The highest BCUT2D eigenvalue weighted by Gasteiger charge is 2.20. The number of nitrogens with two attached hydrogens (primary N) is 1. The number of benzene rings is 1. The summed E-state index contributed by atoms with van der Waals surface area (Å²) in [6.45, 7) is 0. The molecular formula is C11H10BrClFN3. The maximum absolute atomic E-state index is 13.9. The Morgan fingerprint density at radius 1 is 1.53 bits per heavy atom. The zero-order valence-corrected chi connectivity index (χ0v) is 11.3. The van der Waals surface area contributed by atoms with E-state index in [2.05, 4.69) is 21.0 Å². The molecule has 0 amide bonds. The first-order valence-electron chi connectivity index (χ1n) is 4.89. The maximum atomic E-state index is 13.9. The van der Waals surface area contributed by atoms with Crippen molar-refractivity contribution in [1.82, 2.24) is 9.78 Å². The van der Waals surface area contributed by atoms with Gasteiger partial charge in [-0.25, -0.2) is 4.39 Å². The molecule has 2 N–H and O–H groups in total. The van der Waals surface area contributed by atoms with E-state index in [1.807, 2.05) is 0 Å². The summed E-state index contributed by atoms with van der Waals surface area (Å²) < 4.78 is 16.2. The number of halogens is 3. The molecule has 6 heteroatoms.